The van der Waals surface area contributed by atoms with Crippen molar-refractivity contribution < 1.29 is 14.7 Å². The molecule has 1 amide bonds. The fraction of sp³-hybridized carbons (Fsp3) is 0.778. The van der Waals surface area contributed by atoms with Gasteiger partial charge in [0, 0.05) is 31.6 Å². The predicted molar refractivity (Wildman–Crippen MR) is 95.7 cm³/mol. The summed E-state index contributed by atoms with van der Waals surface area (Å²) in [6.07, 6.45) is 2.58. The summed E-state index contributed by atoms with van der Waals surface area (Å²) >= 11 is 0. The summed E-state index contributed by atoms with van der Waals surface area (Å²) in [7, 11) is 0. The number of carboxylic acids is 1. The highest BCUT2D eigenvalue weighted by Crippen LogP contribution is 2.64. The zero-order valence-electron chi connectivity index (χ0n) is 15.6. The summed E-state index contributed by atoms with van der Waals surface area (Å²) in [5.41, 5.74) is -0.389. The molecule has 0 bridgehead atoms. The Balaban J connectivity index is 1.82. The van der Waals surface area contributed by atoms with E-state index in [0.29, 0.717) is 19.0 Å². The van der Waals surface area contributed by atoms with Gasteiger partial charge in [0.15, 0.2) is 0 Å². The zero-order valence-corrected chi connectivity index (χ0v) is 15.6. The summed E-state index contributed by atoms with van der Waals surface area (Å²) in [5.74, 6) is -0.322. The maximum absolute atomic E-state index is 13.3. The van der Waals surface area contributed by atoms with Crippen LogP contribution < -0.4 is 5.32 Å². The second-order valence-corrected chi connectivity index (χ2v) is 8.98. The maximum Gasteiger partial charge on any atom is 0.326 e. The number of piperidine rings is 1. The average Bonchev–Trinajstić information content (AvgIpc) is 2.88. The molecule has 0 aromatic carbocycles. The zero-order chi connectivity index (χ0) is 18.6. The molecule has 0 spiro atoms. The number of likely N-dealkylation sites (tertiary alicyclic amines) is 1. The first kappa shape index (κ1) is 17.9. The van der Waals surface area contributed by atoms with Gasteiger partial charge in [-0.2, -0.15) is 0 Å². The minimum absolute atomic E-state index is 0.00222. The predicted octanol–water partition coefficient (Wildman–Crippen LogP) is 1.39. The van der Waals surface area contributed by atoms with Crippen molar-refractivity contribution in [3.05, 3.63) is 0 Å². The number of nitrogens with one attached hydrogen (secondary N) is 1. The highest BCUT2D eigenvalue weighted by Gasteiger charge is 2.70. The lowest BCUT2D eigenvalue weighted by molar-refractivity contribution is -0.152. The number of fused-ring (bicyclic) bond motifs is 1. The van der Waals surface area contributed by atoms with Crippen molar-refractivity contribution in [3.63, 3.8) is 0 Å². The van der Waals surface area contributed by atoms with Crippen LogP contribution in [0.2, 0.25) is 0 Å². The smallest absolute Gasteiger partial charge is 0.326 e. The molecule has 25 heavy (non-hydrogen) atoms. The van der Waals surface area contributed by atoms with Gasteiger partial charge in [0.2, 0.25) is 11.9 Å². The van der Waals surface area contributed by atoms with Crippen LogP contribution in [0.15, 0.2) is 9.98 Å². The largest absolute Gasteiger partial charge is 0.480 e. The second kappa shape index (κ2) is 5.81. The standard InChI is InChI=1S/C18H28N4O3/c1-17(2,3)13(21-16-19-7-6-8-20-16)14(23)22-9-10-11(18(10,4)5)12(22)15(24)25/h7,10-13H,6,8-9H2,1-5H3,(H,20,21)(H,24,25)/t10-,11-,12-,13+/m0/s1. The Morgan fingerprint density at radius 1 is 1.40 bits per heavy atom. The van der Waals surface area contributed by atoms with E-state index in [4.69, 9.17) is 0 Å². The van der Waals surface area contributed by atoms with Crippen LogP contribution in [0, 0.1) is 22.7 Å². The van der Waals surface area contributed by atoms with Gasteiger partial charge in [-0.15, -0.1) is 0 Å². The number of amides is 1. The number of carbonyl (C=O) groups excluding carboxylic acids is 1. The van der Waals surface area contributed by atoms with Gasteiger partial charge < -0.3 is 15.3 Å². The highest BCUT2D eigenvalue weighted by atomic mass is 16.4. The van der Waals surface area contributed by atoms with Crippen molar-refractivity contribution in [1.82, 2.24) is 10.2 Å². The Labute approximate surface area is 148 Å². The fourth-order valence-corrected chi connectivity index (χ4v) is 4.24. The molecule has 3 rings (SSSR count). The Bertz CT molecular complexity index is 647. The number of hydrogen-bond donors (Lipinski definition) is 2. The van der Waals surface area contributed by atoms with Crippen LogP contribution in [0.5, 0.6) is 0 Å². The molecule has 3 aliphatic rings. The van der Waals surface area contributed by atoms with Crippen LogP contribution in [0.1, 0.15) is 41.0 Å². The van der Waals surface area contributed by atoms with Crippen molar-refractivity contribution >= 4 is 24.1 Å². The molecule has 0 aromatic heterocycles. The lowest BCUT2D eigenvalue weighted by Crippen LogP contribution is -2.58. The van der Waals surface area contributed by atoms with E-state index in [0.717, 1.165) is 6.42 Å². The Kier molecular flexibility index (Phi) is 4.16. The molecule has 7 heteroatoms. The summed E-state index contributed by atoms with van der Waals surface area (Å²) in [5, 5.41) is 12.9. The lowest BCUT2D eigenvalue weighted by Gasteiger charge is -2.37. The van der Waals surface area contributed by atoms with Gasteiger partial charge in [-0.25, -0.2) is 9.79 Å². The molecule has 1 saturated heterocycles. The SMILES string of the molecule is CC(C)(C)[C@H](NC1=NCCC=N1)C(=O)N1C[C@H]2[C@@H]([C@H]1C(=O)O)C2(C)C. The first-order chi connectivity index (χ1) is 11.5. The van der Waals surface area contributed by atoms with Crippen LogP contribution in [-0.4, -0.2) is 59.2 Å². The quantitative estimate of drug-likeness (QED) is 0.806. The van der Waals surface area contributed by atoms with E-state index in [1.165, 1.54) is 0 Å². The molecule has 138 valence electrons. The summed E-state index contributed by atoms with van der Waals surface area (Å²) in [6, 6.07) is -1.31. The van der Waals surface area contributed by atoms with Crippen molar-refractivity contribution in [2.24, 2.45) is 32.7 Å². The number of carbonyl (C=O) groups is 2. The van der Waals surface area contributed by atoms with E-state index in [1.807, 2.05) is 20.8 Å². The van der Waals surface area contributed by atoms with E-state index < -0.39 is 23.5 Å². The molecule has 2 heterocycles. The van der Waals surface area contributed by atoms with Crippen LogP contribution in [0.4, 0.5) is 0 Å². The van der Waals surface area contributed by atoms with Crippen molar-refractivity contribution in [2.75, 3.05) is 13.1 Å². The van der Waals surface area contributed by atoms with E-state index in [1.54, 1.807) is 11.1 Å². The third kappa shape index (κ3) is 3.04. The molecule has 0 aromatic rings. The van der Waals surface area contributed by atoms with Gasteiger partial charge in [-0.3, -0.25) is 9.79 Å². The van der Waals surface area contributed by atoms with Gasteiger partial charge in [-0.1, -0.05) is 34.6 Å². The molecule has 1 saturated carbocycles. The Morgan fingerprint density at radius 3 is 2.60 bits per heavy atom. The van der Waals surface area contributed by atoms with Crippen LogP contribution in [0.25, 0.3) is 0 Å². The summed E-state index contributed by atoms with van der Waals surface area (Å²) < 4.78 is 0. The minimum Gasteiger partial charge on any atom is -0.480 e. The van der Waals surface area contributed by atoms with Gasteiger partial charge >= 0.3 is 5.97 Å². The first-order valence-electron chi connectivity index (χ1n) is 8.92. The van der Waals surface area contributed by atoms with Gasteiger partial charge in [-0.05, 0) is 16.7 Å². The summed E-state index contributed by atoms with van der Waals surface area (Å²) in [6.45, 7) is 11.2. The number of aliphatic imine (C=N–C) groups is 2. The van der Waals surface area contributed by atoms with Gasteiger partial charge in [0.25, 0.3) is 0 Å². The molecular formula is C18H28N4O3. The fourth-order valence-electron chi connectivity index (χ4n) is 4.24. The van der Waals surface area contributed by atoms with Crippen molar-refractivity contribution in [1.29, 1.82) is 0 Å². The normalized spacial score (nSPS) is 31.2. The molecule has 2 fully saturated rings. The van der Waals surface area contributed by atoms with E-state index >= 15 is 0 Å². The molecule has 4 atom stereocenters. The Morgan fingerprint density at radius 2 is 2.08 bits per heavy atom. The number of guanidine groups is 1. The third-order valence-corrected chi connectivity index (χ3v) is 5.86. The molecule has 1 aliphatic carbocycles. The number of hydrogen-bond acceptors (Lipinski definition) is 5. The molecule has 0 unspecified atom stereocenters. The van der Waals surface area contributed by atoms with Crippen LogP contribution in [0.3, 0.4) is 0 Å². The second-order valence-electron chi connectivity index (χ2n) is 8.98. The monoisotopic (exact) mass is 348 g/mol. The van der Waals surface area contributed by atoms with E-state index in [2.05, 4.69) is 29.1 Å². The number of rotatable bonds is 3. The number of carboxylic acid groups (broad SMARTS) is 1. The third-order valence-electron chi connectivity index (χ3n) is 5.86. The molecule has 2 aliphatic heterocycles. The van der Waals surface area contributed by atoms with Crippen LogP contribution >= 0.6 is 0 Å². The lowest BCUT2D eigenvalue weighted by atomic mass is 9.85. The molecule has 7 nitrogen and oxygen atoms in total. The highest BCUT2D eigenvalue weighted by molar-refractivity contribution is 5.95. The van der Waals surface area contributed by atoms with Gasteiger partial charge in [0.1, 0.15) is 12.1 Å². The van der Waals surface area contributed by atoms with Crippen molar-refractivity contribution in [3.8, 4) is 0 Å². The van der Waals surface area contributed by atoms with E-state index in [-0.39, 0.29) is 23.2 Å². The topological polar surface area (TPSA) is 94.4 Å². The van der Waals surface area contributed by atoms with Crippen molar-refractivity contribution in [2.45, 2.75) is 53.1 Å². The summed E-state index contributed by atoms with van der Waals surface area (Å²) in [4.78, 5) is 35.2. The van der Waals surface area contributed by atoms with E-state index in [9.17, 15) is 14.7 Å². The van der Waals surface area contributed by atoms with Gasteiger partial charge in [0.05, 0.1) is 0 Å². The minimum atomic E-state index is -0.910. The molecular weight excluding hydrogens is 320 g/mol. The Hall–Kier alpha value is -1.92. The maximum atomic E-state index is 13.3. The molecule has 0 radical (unpaired) electrons. The average molecular weight is 348 g/mol. The first-order valence-corrected chi connectivity index (χ1v) is 8.92. The number of aliphatic carboxylic acids is 1. The number of nitrogens with zero attached hydrogens (tertiary/aromatic N) is 3. The molecule has 2 N–H and O–H groups in total. The van der Waals surface area contributed by atoms with Crippen LogP contribution in [-0.2, 0) is 9.59 Å².